The van der Waals surface area contributed by atoms with Gasteiger partial charge in [0.1, 0.15) is 0 Å². The van der Waals surface area contributed by atoms with Crippen molar-refractivity contribution in [3.05, 3.63) is 0 Å². The lowest BCUT2D eigenvalue weighted by Gasteiger charge is -2.34. The van der Waals surface area contributed by atoms with Crippen LogP contribution in [0.5, 0.6) is 0 Å². The van der Waals surface area contributed by atoms with Crippen LogP contribution in [0.15, 0.2) is 0 Å². The van der Waals surface area contributed by atoms with E-state index in [2.05, 4.69) is 11.8 Å². The number of sulfone groups is 1. The second-order valence-corrected chi connectivity index (χ2v) is 6.94. The number of likely N-dealkylation sites (tertiary alicyclic amines) is 1. The molecule has 1 fully saturated rings. The summed E-state index contributed by atoms with van der Waals surface area (Å²) in [5, 5.41) is 0. The van der Waals surface area contributed by atoms with Crippen LogP contribution in [0.3, 0.4) is 0 Å². The molecule has 1 saturated heterocycles. The summed E-state index contributed by atoms with van der Waals surface area (Å²) in [6, 6.07) is 0.197. The van der Waals surface area contributed by atoms with Crippen molar-refractivity contribution >= 4 is 9.84 Å². The first-order valence-corrected chi connectivity index (χ1v) is 7.45. The second-order valence-electron chi connectivity index (χ2n) is 4.47. The fourth-order valence-electron chi connectivity index (χ4n) is 1.79. The Balaban J connectivity index is 2.35. The number of nitrogens with zero attached hydrogens (tertiary/aromatic N) is 1. The monoisotopic (exact) mass is 234 g/mol. The minimum atomic E-state index is -2.83. The lowest BCUT2D eigenvalue weighted by Crippen LogP contribution is -2.48. The molecule has 0 aromatic rings. The topological polar surface area (TPSA) is 63.4 Å². The Hall–Kier alpha value is -0.130. The molecule has 4 nitrogen and oxygen atoms in total. The molecule has 1 aliphatic rings. The van der Waals surface area contributed by atoms with Crippen LogP contribution in [0.1, 0.15) is 20.3 Å². The molecule has 15 heavy (non-hydrogen) atoms. The molecule has 0 aromatic carbocycles. The van der Waals surface area contributed by atoms with Crippen LogP contribution in [-0.4, -0.2) is 50.5 Å². The highest BCUT2D eigenvalue weighted by Gasteiger charge is 2.23. The van der Waals surface area contributed by atoms with Crippen LogP contribution in [0, 0.1) is 5.92 Å². The first kappa shape index (κ1) is 12.9. The Morgan fingerprint density at radius 1 is 1.47 bits per heavy atom. The average Bonchev–Trinajstić information content (AvgIpc) is 2.20. The maximum atomic E-state index is 11.3. The van der Waals surface area contributed by atoms with Crippen molar-refractivity contribution < 1.29 is 8.42 Å². The van der Waals surface area contributed by atoms with Gasteiger partial charge in [0.05, 0.1) is 5.75 Å². The van der Waals surface area contributed by atoms with Crippen molar-refractivity contribution in [2.45, 2.75) is 26.3 Å². The molecule has 0 aliphatic carbocycles. The van der Waals surface area contributed by atoms with Gasteiger partial charge in [0.15, 0.2) is 9.84 Å². The van der Waals surface area contributed by atoms with Gasteiger partial charge >= 0.3 is 0 Å². The quantitative estimate of drug-likeness (QED) is 0.749. The van der Waals surface area contributed by atoms with Crippen LogP contribution >= 0.6 is 0 Å². The van der Waals surface area contributed by atoms with E-state index in [-0.39, 0.29) is 17.5 Å². The first-order valence-electron chi connectivity index (χ1n) is 5.63. The Morgan fingerprint density at radius 2 is 2.13 bits per heavy atom. The molecule has 2 N–H and O–H groups in total. The zero-order chi connectivity index (χ0) is 11.5. The number of hydrogen-bond donors (Lipinski definition) is 1. The summed E-state index contributed by atoms with van der Waals surface area (Å²) in [6.45, 7) is 6.30. The van der Waals surface area contributed by atoms with E-state index in [1.54, 1.807) is 6.92 Å². The third-order valence-electron chi connectivity index (χ3n) is 3.26. The molecule has 1 aliphatic heterocycles. The number of rotatable bonds is 4. The predicted octanol–water partition coefficient (Wildman–Crippen LogP) is 0.0902. The van der Waals surface area contributed by atoms with Gasteiger partial charge in [-0.2, -0.15) is 0 Å². The zero-order valence-corrected chi connectivity index (χ0v) is 10.5. The van der Waals surface area contributed by atoms with Crippen LogP contribution < -0.4 is 5.73 Å². The van der Waals surface area contributed by atoms with Gasteiger partial charge in [-0.25, -0.2) is 8.42 Å². The summed E-state index contributed by atoms with van der Waals surface area (Å²) < 4.78 is 22.7. The van der Waals surface area contributed by atoms with Gasteiger partial charge in [0.2, 0.25) is 0 Å². The van der Waals surface area contributed by atoms with Gasteiger partial charge in [-0.05, 0) is 18.9 Å². The number of nitrogens with two attached hydrogens (primary N) is 1. The molecule has 1 heterocycles. The minimum absolute atomic E-state index is 0.197. The van der Waals surface area contributed by atoms with Gasteiger partial charge in [0.25, 0.3) is 0 Å². The fourth-order valence-corrected chi connectivity index (χ4v) is 2.61. The summed E-state index contributed by atoms with van der Waals surface area (Å²) >= 11 is 0. The van der Waals surface area contributed by atoms with Gasteiger partial charge in [-0.15, -0.1) is 0 Å². The molecule has 0 spiro atoms. The average molecular weight is 234 g/mol. The summed E-state index contributed by atoms with van der Waals surface area (Å²) in [4.78, 5) is 2.16. The molecule has 0 bridgehead atoms. The number of hydrogen-bond acceptors (Lipinski definition) is 4. The van der Waals surface area contributed by atoms with E-state index in [1.165, 1.54) is 0 Å². The lowest BCUT2D eigenvalue weighted by atomic mass is 9.94. The third-order valence-corrected chi connectivity index (χ3v) is 4.94. The van der Waals surface area contributed by atoms with Crippen LogP contribution in [0.2, 0.25) is 0 Å². The van der Waals surface area contributed by atoms with Gasteiger partial charge in [0, 0.05) is 24.9 Å². The van der Waals surface area contributed by atoms with Gasteiger partial charge in [-0.3, -0.25) is 0 Å². The summed E-state index contributed by atoms with van der Waals surface area (Å²) in [5.74, 6) is 1.07. The zero-order valence-electron chi connectivity index (χ0n) is 9.65. The Morgan fingerprint density at radius 3 is 2.67 bits per heavy atom. The highest BCUT2D eigenvalue weighted by molar-refractivity contribution is 7.91. The van der Waals surface area contributed by atoms with Crippen molar-refractivity contribution in [1.29, 1.82) is 0 Å². The van der Waals surface area contributed by atoms with Crippen LogP contribution in [0.25, 0.3) is 0 Å². The lowest BCUT2D eigenvalue weighted by molar-refractivity contribution is 0.177. The van der Waals surface area contributed by atoms with E-state index in [0.717, 1.165) is 19.5 Å². The summed E-state index contributed by atoms with van der Waals surface area (Å²) in [7, 11) is -2.83. The van der Waals surface area contributed by atoms with E-state index < -0.39 is 9.84 Å². The van der Waals surface area contributed by atoms with Gasteiger partial charge in [-0.1, -0.05) is 13.8 Å². The molecule has 2 atom stereocenters. The van der Waals surface area contributed by atoms with E-state index in [1.807, 2.05) is 0 Å². The maximum absolute atomic E-state index is 11.3. The van der Waals surface area contributed by atoms with Crippen molar-refractivity contribution in [1.82, 2.24) is 4.90 Å². The Bertz CT molecular complexity index is 290. The standard InChI is InChI=1S/C10H22N2O2S/c1-3-15(13,14)7-6-12-5-4-9(2)10(11)8-12/h9-10H,3-8,11H2,1-2H3. The van der Waals surface area contributed by atoms with E-state index >= 15 is 0 Å². The third kappa shape index (κ3) is 4.09. The van der Waals surface area contributed by atoms with Crippen LogP contribution in [0.4, 0.5) is 0 Å². The van der Waals surface area contributed by atoms with Crippen molar-refractivity contribution in [2.75, 3.05) is 31.1 Å². The van der Waals surface area contributed by atoms with E-state index in [9.17, 15) is 8.42 Å². The fraction of sp³-hybridized carbons (Fsp3) is 1.00. The molecule has 0 aromatic heterocycles. The van der Waals surface area contributed by atoms with E-state index in [4.69, 9.17) is 5.73 Å². The second kappa shape index (κ2) is 5.27. The van der Waals surface area contributed by atoms with Crippen molar-refractivity contribution in [3.8, 4) is 0 Å². The molecule has 0 radical (unpaired) electrons. The smallest absolute Gasteiger partial charge is 0.151 e. The molecular formula is C10H22N2O2S. The molecule has 90 valence electrons. The Labute approximate surface area is 92.7 Å². The molecule has 5 heteroatoms. The van der Waals surface area contributed by atoms with Crippen LogP contribution in [-0.2, 0) is 9.84 Å². The molecule has 2 unspecified atom stereocenters. The summed E-state index contributed by atoms with van der Waals surface area (Å²) in [6.07, 6.45) is 1.08. The number of piperidine rings is 1. The highest BCUT2D eigenvalue weighted by Crippen LogP contribution is 2.15. The highest BCUT2D eigenvalue weighted by atomic mass is 32.2. The largest absolute Gasteiger partial charge is 0.326 e. The van der Waals surface area contributed by atoms with Gasteiger partial charge < -0.3 is 10.6 Å². The maximum Gasteiger partial charge on any atom is 0.151 e. The van der Waals surface area contributed by atoms with E-state index in [0.29, 0.717) is 12.5 Å². The molecule has 1 rings (SSSR count). The predicted molar refractivity (Wildman–Crippen MR) is 62.5 cm³/mol. The van der Waals surface area contributed by atoms with Crippen molar-refractivity contribution in [2.24, 2.45) is 11.7 Å². The summed E-state index contributed by atoms with van der Waals surface area (Å²) in [5.41, 5.74) is 5.95. The minimum Gasteiger partial charge on any atom is -0.326 e. The normalized spacial score (nSPS) is 29.3. The molecular weight excluding hydrogens is 212 g/mol. The SMILES string of the molecule is CCS(=O)(=O)CCN1CCC(C)C(N)C1. The Kier molecular flexibility index (Phi) is 4.55. The van der Waals surface area contributed by atoms with Crippen molar-refractivity contribution in [3.63, 3.8) is 0 Å². The molecule has 0 amide bonds. The molecule has 0 saturated carbocycles. The first-order chi connectivity index (χ1) is 6.94.